The summed E-state index contributed by atoms with van der Waals surface area (Å²) in [6, 6.07) is 15.4. The van der Waals surface area contributed by atoms with Crippen LogP contribution in [0.25, 0.3) is 0 Å². The fraction of sp³-hybridized carbons (Fsp3) is 0.316. The van der Waals surface area contributed by atoms with Crippen molar-refractivity contribution in [1.29, 1.82) is 0 Å². The first-order valence-corrected chi connectivity index (χ1v) is 7.99. The van der Waals surface area contributed by atoms with Crippen LogP contribution in [0.15, 0.2) is 48.5 Å². The molecule has 0 heterocycles. The van der Waals surface area contributed by atoms with Gasteiger partial charge in [0.25, 0.3) is 0 Å². The molecule has 4 heteroatoms. The van der Waals surface area contributed by atoms with Crippen LogP contribution in [0.4, 0.5) is 5.69 Å². The number of carboxylic acid groups (broad SMARTS) is 1. The third-order valence-corrected chi connectivity index (χ3v) is 3.90. The third kappa shape index (κ3) is 5.11. The summed E-state index contributed by atoms with van der Waals surface area (Å²) in [7, 11) is 0. The van der Waals surface area contributed by atoms with E-state index in [-0.39, 0.29) is 0 Å². The lowest BCUT2D eigenvalue weighted by atomic mass is 10.1. The molecule has 4 nitrogen and oxygen atoms in total. The Bertz CT molecular complexity index is 651. The van der Waals surface area contributed by atoms with Crippen LogP contribution in [-0.4, -0.2) is 29.1 Å². The summed E-state index contributed by atoms with van der Waals surface area (Å²) in [6.45, 7) is 7.96. The van der Waals surface area contributed by atoms with E-state index in [1.54, 1.807) is 18.2 Å². The molecule has 0 saturated carbocycles. The Balaban J connectivity index is 2.00. The summed E-state index contributed by atoms with van der Waals surface area (Å²) in [6.07, 6.45) is 0. The van der Waals surface area contributed by atoms with Crippen molar-refractivity contribution in [3.05, 3.63) is 65.2 Å². The molecule has 0 aliphatic carbocycles. The van der Waals surface area contributed by atoms with Gasteiger partial charge in [-0.15, -0.1) is 0 Å². The van der Waals surface area contributed by atoms with Crippen molar-refractivity contribution < 1.29 is 9.90 Å². The number of anilines is 1. The van der Waals surface area contributed by atoms with Crippen molar-refractivity contribution in [1.82, 2.24) is 4.90 Å². The number of carboxylic acids is 1. The van der Waals surface area contributed by atoms with E-state index in [4.69, 9.17) is 5.11 Å². The van der Waals surface area contributed by atoms with E-state index in [2.05, 4.69) is 42.3 Å². The van der Waals surface area contributed by atoms with Gasteiger partial charge in [0.15, 0.2) is 0 Å². The van der Waals surface area contributed by atoms with Crippen LogP contribution in [0.1, 0.15) is 35.3 Å². The predicted octanol–water partition coefficient (Wildman–Crippen LogP) is 3.84. The van der Waals surface area contributed by atoms with Crippen molar-refractivity contribution in [2.75, 3.05) is 18.4 Å². The van der Waals surface area contributed by atoms with Crippen molar-refractivity contribution >= 4 is 11.7 Å². The minimum atomic E-state index is -0.895. The monoisotopic (exact) mass is 312 g/mol. The van der Waals surface area contributed by atoms with Gasteiger partial charge in [-0.05, 0) is 48.5 Å². The summed E-state index contributed by atoms with van der Waals surface area (Å²) in [5, 5.41) is 12.4. The lowest BCUT2D eigenvalue weighted by Gasteiger charge is -2.18. The van der Waals surface area contributed by atoms with Crippen LogP contribution in [0.3, 0.4) is 0 Å². The van der Waals surface area contributed by atoms with Crippen LogP contribution in [0.5, 0.6) is 0 Å². The molecule has 0 atom stereocenters. The van der Waals surface area contributed by atoms with Gasteiger partial charge in [-0.2, -0.15) is 0 Å². The van der Waals surface area contributed by atoms with Gasteiger partial charge in [-0.3, -0.25) is 4.90 Å². The highest BCUT2D eigenvalue weighted by atomic mass is 16.4. The molecular weight excluding hydrogens is 288 g/mol. The first-order valence-electron chi connectivity index (χ1n) is 7.99. The highest BCUT2D eigenvalue weighted by molar-refractivity contribution is 5.87. The second-order valence-electron chi connectivity index (χ2n) is 5.52. The van der Waals surface area contributed by atoms with Gasteiger partial charge in [0.1, 0.15) is 0 Å². The molecule has 0 radical (unpaired) electrons. The van der Waals surface area contributed by atoms with Crippen molar-refractivity contribution in [2.24, 2.45) is 0 Å². The van der Waals surface area contributed by atoms with E-state index >= 15 is 0 Å². The average molecular weight is 312 g/mol. The van der Waals surface area contributed by atoms with Crippen molar-refractivity contribution in [3.63, 3.8) is 0 Å². The van der Waals surface area contributed by atoms with E-state index in [0.29, 0.717) is 12.1 Å². The van der Waals surface area contributed by atoms with E-state index in [9.17, 15) is 4.79 Å². The zero-order valence-corrected chi connectivity index (χ0v) is 13.7. The van der Waals surface area contributed by atoms with Gasteiger partial charge >= 0.3 is 5.97 Å². The van der Waals surface area contributed by atoms with Crippen LogP contribution >= 0.6 is 0 Å². The fourth-order valence-electron chi connectivity index (χ4n) is 2.50. The fourth-order valence-corrected chi connectivity index (χ4v) is 2.50. The second kappa shape index (κ2) is 8.34. The maximum Gasteiger partial charge on any atom is 0.335 e. The molecule has 2 rings (SSSR count). The summed E-state index contributed by atoms with van der Waals surface area (Å²) < 4.78 is 0. The SMILES string of the molecule is CCN(CC)Cc1cccc(NCc2cccc(C(=O)O)c2)c1. The second-order valence-corrected chi connectivity index (χ2v) is 5.52. The largest absolute Gasteiger partial charge is 0.478 e. The number of nitrogens with one attached hydrogen (secondary N) is 1. The van der Waals surface area contributed by atoms with E-state index in [1.807, 2.05) is 12.1 Å². The molecule has 0 aliphatic rings. The maximum absolute atomic E-state index is 11.0. The summed E-state index contributed by atoms with van der Waals surface area (Å²) in [5.41, 5.74) is 3.60. The Morgan fingerprint density at radius 3 is 2.43 bits per heavy atom. The Labute approximate surface area is 137 Å². The molecule has 0 unspecified atom stereocenters. The summed E-state index contributed by atoms with van der Waals surface area (Å²) in [4.78, 5) is 13.4. The summed E-state index contributed by atoms with van der Waals surface area (Å²) in [5.74, 6) is -0.895. The molecule has 2 aromatic rings. The first kappa shape index (κ1) is 17.0. The zero-order valence-electron chi connectivity index (χ0n) is 13.7. The number of benzene rings is 2. The predicted molar refractivity (Wildman–Crippen MR) is 93.8 cm³/mol. The number of hydrogen-bond donors (Lipinski definition) is 2. The number of aromatic carboxylic acids is 1. The molecule has 0 aliphatic heterocycles. The molecule has 23 heavy (non-hydrogen) atoms. The first-order chi connectivity index (χ1) is 11.1. The highest BCUT2D eigenvalue weighted by Crippen LogP contribution is 2.14. The molecule has 0 aromatic heterocycles. The minimum Gasteiger partial charge on any atom is -0.478 e. The third-order valence-electron chi connectivity index (χ3n) is 3.90. The standard InChI is InChI=1S/C19H24N2O2/c1-3-21(4-2)14-16-8-6-10-18(12-16)20-13-15-7-5-9-17(11-15)19(22)23/h5-12,20H,3-4,13-14H2,1-2H3,(H,22,23). The van der Waals surface area contributed by atoms with Crippen LogP contribution in [-0.2, 0) is 13.1 Å². The number of rotatable bonds is 8. The molecular formula is C19H24N2O2. The maximum atomic E-state index is 11.0. The lowest BCUT2D eigenvalue weighted by molar-refractivity contribution is 0.0697. The highest BCUT2D eigenvalue weighted by Gasteiger charge is 2.04. The van der Waals surface area contributed by atoms with Gasteiger partial charge in [-0.25, -0.2) is 4.79 Å². The zero-order chi connectivity index (χ0) is 16.7. The van der Waals surface area contributed by atoms with Crippen LogP contribution in [0, 0.1) is 0 Å². The normalized spacial score (nSPS) is 10.7. The molecule has 2 aromatic carbocycles. The number of hydrogen-bond acceptors (Lipinski definition) is 3. The van der Waals surface area contributed by atoms with Gasteiger partial charge in [0.05, 0.1) is 5.56 Å². The minimum absolute atomic E-state index is 0.319. The number of nitrogens with zero attached hydrogens (tertiary/aromatic N) is 1. The van der Waals surface area contributed by atoms with E-state index in [1.165, 1.54) is 5.56 Å². The molecule has 122 valence electrons. The van der Waals surface area contributed by atoms with Crippen molar-refractivity contribution in [3.8, 4) is 0 Å². The molecule has 0 fully saturated rings. The molecule has 0 bridgehead atoms. The molecule has 0 spiro atoms. The Morgan fingerprint density at radius 1 is 1.04 bits per heavy atom. The molecule has 0 saturated heterocycles. The molecule has 2 N–H and O–H groups in total. The average Bonchev–Trinajstić information content (AvgIpc) is 2.58. The lowest BCUT2D eigenvalue weighted by Crippen LogP contribution is -2.22. The van der Waals surface area contributed by atoms with Crippen LogP contribution < -0.4 is 5.32 Å². The van der Waals surface area contributed by atoms with Gasteiger partial charge in [0, 0.05) is 18.8 Å². The Morgan fingerprint density at radius 2 is 1.74 bits per heavy atom. The Hall–Kier alpha value is -2.33. The van der Waals surface area contributed by atoms with Gasteiger partial charge in [-0.1, -0.05) is 38.1 Å². The quantitative estimate of drug-likeness (QED) is 0.777. The van der Waals surface area contributed by atoms with Gasteiger partial charge < -0.3 is 10.4 Å². The topological polar surface area (TPSA) is 52.6 Å². The smallest absolute Gasteiger partial charge is 0.335 e. The number of carbonyl (C=O) groups is 1. The summed E-state index contributed by atoms with van der Waals surface area (Å²) >= 11 is 0. The van der Waals surface area contributed by atoms with E-state index in [0.717, 1.165) is 30.9 Å². The van der Waals surface area contributed by atoms with Gasteiger partial charge in [0.2, 0.25) is 0 Å². The molecule has 0 amide bonds. The van der Waals surface area contributed by atoms with E-state index < -0.39 is 5.97 Å². The van der Waals surface area contributed by atoms with Crippen molar-refractivity contribution in [2.45, 2.75) is 26.9 Å². The Kier molecular flexibility index (Phi) is 6.18. The van der Waals surface area contributed by atoms with Crippen LogP contribution in [0.2, 0.25) is 0 Å².